The normalized spacial score (nSPS) is 17.3. The van der Waals surface area contributed by atoms with Crippen LogP contribution in [0.4, 0.5) is 5.69 Å². The molecule has 1 fully saturated rings. The number of carbonyl (C=O) groups excluding carboxylic acids is 1. The van der Waals surface area contributed by atoms with Gasteiger partial charge in [0, 0.05) is 19.0 Å². The minimum atomic E-state index is -3.82. The van der Waals surface area contributed by atoms with E-state index in [9.17, 15) is 21.6 Å². The fraction of sp³-hybridized carbons (Fsp3) is 0.381. The number of hydrogen-bond donors (Lipinski definition) is 1. The standard InChI is InChI=1S/C21H27N3O5S2/c1-4-16-5-7-17(8-6-16)20(23(2)3)15-22-31(28,29)19-11-9-18(10-12-19)24-21(25)13-14-30(24,26)27/h5-12,20,22H,4,13-15H2,1-3H3/t20-/m0/s1. The number of amides is 1. The number of carbonyl (C=O) groups is 1. The zero-order valence-corrected chi connectivity index (χ0v) is 19.4. The lowest BCUT2D eigenvalue weighted by molar-refractivity contribution is -0.116. The van der Waals surface area contributed by atoms with Crippen LogP contribution in [0.25, 0.3) is 0 Å². The van der Waals surface area contributed by atoms with Gasteiger partial charge in [-0.15, -0.1) is 0 Å². The van der Waals surface area contributed by atoms with E-state index < -0.39 is 26.0 Å². The Labute approximate surface area is 184 Å². The molecular weight excluding hydrogens is 438 g/mol. The smallest absolute Gasteiger partial charge is 0.242 e. The molecule has 3 rings (SSSR count). The predicted molar refractivity (Wildman–Crippen MR) is 120 cm³/mol. The summed E-state index contributed by atoms with van der Waals surface area (Å²) in [5.74, 6) is -0.754. The summed E-state index contributed by atoms with van der Waals surface area (Å²) < 4.78 is 53.0. The van der Waals surface area contributed by atoms with Crippen LogP contribution in [0.2, 0.25) is 0 Å². The number of nitrogens with one attached hydrogen (secondary N) is 1. The molecular formula is C21H27N3O5S2. The number of rotatable bonds is 8. The number of anilines is 1. The molecule has 1 heterocycles. The molecule has 1 atom stereocenters. The van der Waals surface area contributed by atoms with E-state index in [1.54, 1.807) is 0 Å². The van der Waals surface area contributed by atoms with Crippen molar-refractivity contribution in [2.45, 2.75) is 30.7 Å². The van der Waals surface area contributed by atoms with E-state index in [1.807, 2.05) is 43.3 Å². The van der Waals surface area contributed by atoms with Crippen molar-refractivity contribution in [1.29, 1.82) is 0 Å². The minimum Gasteiger partial charge on any atom is -0.301 e. The lowest BCUT2D eigenvalue weighted by Gasteiger charge is -2.25. The van der Waals surface area contributed by atoms with E-state index >= 15 is 0 Å². The third-order valence-corrected chi connectivity index (χ3v) is 8.45. The van der Waals surface area contributed by atoms with E-state index in [-0.39, 0.29) is 35.3 Å². The molecule has 1 N–H and O–H groups in total. The Morgan fingerprint density at radius 3 is 2.16 bits per heavy atom. The van der Waals surface area contributed by atoms with E-state index in [0.29, 0.717) is 0 Å². The molecule has 0 radical (unpaired) electrons. The second kappa shape index (κ2) is 9.07. The van der Waals surface area contributed by atoms with Crippen molar-refractivity contribution in [3.63, 3.8) is 0 Å². The van der Waals surface area contributed by atoms with Gasteiger partial charge in [-0.3, -0.25) is 4.79 Å². The van der Waals surface area contributed by atoms with Crippen LogP contribution in [0.1, 0.15) is 30.5 Å². The molecule has 0 aromatic heterocycles. The lowest BCUT2D eigenvalue weighted by Crippen LogP contribution is -2.34. The van der Waals surface area contributed by atoms with Crippen molar-refractivity contribution in [3.05, 3.63) is 59.7 Å². The molecule has 2 aromatic carbocycles. The highest BCUT2D eigenvalue weighted by Crippen LogP contribution is 2.26. The largest absolute Gasteiger partial charge is 0.301 e. The summed E-state index contributed by atoms with van der Waals surface area (Å²) in [6.07, 6.45) is 0.856. The molecule has 1 saturated heterocycles. The molecule has 8 nitrogen and oxygen atoms in total. The topological polar surface area (TPSA) is 104 Å². The van der Waals surface area contributed by atoms with Crippen LogP contribution >= 0.6 is 0 Å². The first kappa shape index (κ1) is 23.4. The Kier molecular flexibility index (Phi) is 6.85. The predicted octanol–water partition coefficient (Wildman–Crippen LogP) is 1.90. The number of sulfonamides is 2. The van der Waals surface area contributed by atoms with Gasteiger partial charge in [0.05, 0.1) is 16.3 Å². The van der Waals surface area contributed by atoms with E-state index in [1.165, 1.54) is 29.8 Å². The summed E-state index contributed by atoms with van der Waals surface area (Å²) in [7, 11) is -3.75. The van der Waals surface area contributed by atoms with Gasteiger partial charge in [0.25, 0.3) is 0 Å². The molecule has 168 valence electrons. The third kappa shape index (κ3) is 5.15. The Morgan fingerprint density at radius 2 is 1.68 bits per heavy atom. The van der Waals surface area contributed by atoms with Crippen molar-refractivity contribution in [2.75, 3.05) is 30.7 Å². The van der Waals surface area contributed by atoms with Gasteiger partial charge in [0.2, 0.25) is 26.0 Å². The molecule has 2 aromatic rings. The maximum absolute atomic E-state index is 12.8. The van der Waals surface area contributed by atoms with Crippen molar-refractivity contribution < 1.29 is 21.6 Å². The summed E-state index contributed by atoms with van der Waals surface area (Å²) in [4.78, 5) is 13.8. The highest BCUT2D eigenvalue weighted by atomic mass is 32.2. The average molecular weight is 466 g/mol. The molecule has 1 aliphatic heterocycles. The van der Waals surface area contributed by atoms with E-state index in [2.05, 4.69) is 11.6 Å². The Morgan fingerprint density at radius 1 is 1.06 bits per heavy atom. The molecule has 0 saturated carbocycles. The number of likely N-dealkylation sites (N-methyl/N-ethyl adjacent to an activating group) is 1. The fourth-order valence-electron chi connectivity index (χ4n) is 3.48. The van der Waals surface area contributed by atoms with Crippen LogP contribution < -0.4 is 9.03 Å². The van der Waals surface area contributed by atoms with Crippen molar-refractivity contribution in [3.8, 4) is 0 Å². The van der Waals surface area contributed by atoms with Crippen LogP contribution in [0.15, 0.2) is 53.4 Å². The highest BCUT2D eigenvalue weighted by Gasteiger charge is 2.36. The zero-order valence-electron chi connectivity index (χ0n) is 17.8. The first-order chi connectivity index (χ1) is 14.5. The van der Waals surface area contributed by atoms with Gasteiger partial charge in [-0.05, 0) is 55.9 Å². The van der Waals surface area contributed by atoms with E-state index in [4.69, 9.17) is 0 Å². The van der Waals surface area contributed by atoms with Crippen LogP contribution in [-0.4, -0.2) is 54.0 Å². The van der Waals surface area contributed by atoms with Crippen molar-refractivity contribution in [2.24, 2.45) is 0 Å². The lowest BCUT2D eigenvalue weighted by atomic mass is 10.0. The van der Waals surface area contributed by atoms with Gasteiger partial charge in [0.15, 0.2) is 0 Å². The fourth-order valence-corrected chi connectivity index (χ4v) is 5.97. The number of benzene rings is 2. The van der Waals surface area contributed by atoms with Gasteiger partial charge >= 0.3 is 0 Å². The van der Waals surface area contributed by atoms with Gasteiger partial charge < -0.3 is 4.90 Å². The van der Waals surface area contributed by atoms with Crippen molar-refractivity contribution >= 4 is 31.6 Å². The third-order valence-electron chi connectivity index (χ3n) is 5.32. The molecule has 0 unspecified atom stereocenters. The molecule has 31 heavy (non-hydrogen) atoms. The van der Waals surface area contributed by atoms with E-state index in [0.717, 1.165) is 16.3 Å². The Balaban J connectivity index is 1.75. The average Bonchev–Trinajstić information content (AvgIpc) is 3.00. The first-order valence-electron chi connectivity index (χ1n) is 9.96. The summed E-state index contributed by atoms with van der Waals surface area (Å²) in [6, 6.07) is 13.2. The monoisotopic (exact) mass is 465 g/mol. The molecule has 1 amide bonds. The van der Waals surface area contributed by atoms with Crippen LogP contribution in [-0.2, 0) is 31.3 Å². The van der Waals surface area contributed by atoms with Gasteiger partial charge in [-0.1, -0.05) is 31.2 Å². The SMILES string of the molecule is CCc1ccc([C@H](CNS(=O)(=O)c2ccc(N3C(=O)CCS3(=O)=O)cc2)N(C)C)cc1. The van der Waals surface area contributed by atoms with Crippen molar-refractivity contribution in [1.82, 2.24) is 9.62 Å². The first-order valence-corrected chi connectivity index (χ1v) is 13.0. The second-order valence-electron chi connectivity index (χ2n) is 7.64. The molecule has 0 bridgehead atoms. The second-order valence-corrected chi connectivity index (χ2v) is 11.3. The van der Waals surface area contributed by atoms with Gasteiger partial charge in [-0.2, -0.15) is 0 Å². The van der Waals surface area contributed by atoms with Crippen LogP contribution in [0, 0.1) is 0 Å². The molecule has 0 spiro atoms. The highest BCUT2D eigenvalue weighted by molar-refractivity contribution is 7.94. The maximum Gasteiger partial charge on any atom is 0.242 e. The molecule has 1 aliphatic rings. The number of aryl methyl sites for hydroxylation is 1. The quantitative estimate of drug-likeness (QED) is 0.639. The summed E-state index contributed by atoms with van der Waals surface area (Å²) in [6.45, 7) is 2.24. The number of hydrogen-bond acceptors (Lipinski definition) is 6. The maximum atomic E-state index is 12.8. The van der Waals surface area contributed by atoms with Gasteiger partial charge in [-0.25, -0.2) is 25.9 Å². The summed E-state index contributed by atoms with van der Waals surface area (Å²) in [5, 5.41) is 0. The molecule has 10 heteroatoms. The Hall–Kier alpha value is -2.27. The van der Waals surface area contributed by atoms with Crippen LogP contribution in [0.5, 0.6) is 0 Å². The Bertz CT molecular complexity index is 1140. The van der Waals surface area contributed by atoms with Gasteiger partial charge in [0.1, 0.15) is 0 Å². The zero-order chi connectivity index (χ0) is 22.8. The summed E-state index contributed by atoms with van der Waals surface area (Å²) >= 11 is 0. The summed E-state index contributed by atoms with van der Waals surface area (Å²) in [5.41, 5.74) is 2.35. The van der Waals surface area contributed by atoms with Crippen LogP contribution in [0.3, 0.4) is 0 Å². The molecule has 0 aliphatic carbocycles. The minimum absolute atomic E-state index is 0.000805. The number of nitrogens with zero attached hydrogens (tertiary/aromatic N) is 2.